The second-order valence-electron chi connectivity index (χ2n) is 6.84. The SMILES string of the molecule is CN(CC(=O)N1CCC(C(=O)O)CC1)C(=O)c1cnn2c1CCCC2. The van der Waals surface area contributed by atoms with E-state index in [4.69, 9.17) is 5.11 Å². The summed E-state index contributed by atoms with van der Waals surface area (Å²) in [5.41, 5.74) is 1.54. The van der Waals surface area contributed by atoms with E-state index in [0.717, 1.165) is 31.5 Å². The Kier molecular flexibility index (Phi) is 5.06. The van der Waals surface area contributed by atoms with Crippen LogP contribution < -0.4 is 0 Å². The number of likely N-dealkylation sites (N-methyl/N-ethyl adjacent to an activating group) is 1. The Bertz CT molecular complexity index is 676. The molecule has 1 aromatic rings. The predicted molar refractivity (Wildman–Crippen MR) is 89.1 cm³/mol. The van der Waals surface area contributed by atoms with Crippen LogP contribution in [0.5, 0.6) is 0 Å². The van der Waals surface area contributed by atoms with Crippen molar-refractivity contribution in [2.24, 2.45) is 5.92 Å². The summed E-state index contributed by atoms with van der Waals surface area (Å²) in [5.74, 6) is -1.50. The van der Waals surface area contributed by atoms with Gasteiger partial charge in [-0.2, -0.15) is 5.10 Å². The molecule has 2 aliphatic rings. The third-order valence-electron chi connectivity index (χ3n) is 5.13. The van der Waals surface area contributed by atoms with Crippen molar-refractivity contribution in [1.82, 2.24) is 19.6 Å². The number of aryl methyl sites for hydroxylation is 1. The highest BCUT2D eigenvalue weighted by Gasteiger charge is 2.29. The molecule has 1 fully saturated rings. The van der Waals surface area contributed by atoms with E-state index in [-0.39, 0.29) is 24.3 Å². The van der Waals surface area contributed by atoms with Crippen molar-refractivity contribution in [2.75, 3.05) is 26.7 Å². The van der Waals surface area contributed by atoms with Gasteiger partial charge in [0.15, 0.2) is 0 Å². The van der Waals surface area contributed by atoms with E-state index in [2.05, 4.69) is 5.10 Å². The summed E-state index contributed by atoms with van der Waals surface area (Å²) >= 11 is 0. The number of aromatic nitrogens is 2. The average molecular weight is 348 g/mol. The summed E-state index contributed by atoms with van der Waals surface area (Å²) in [7, 11) is 1.62. The Balaban J connectivity index is 1.57. The van der Waals surface area contributed by atoms with Crippen molar-refractivity contribution >= 4 is 17.8 Å². The normalized spacial score (nSPS) is 17.9. The zero-order chi connectivity index (χ0) is 18.0. The van der Waals surface area contributed by atoms with E-state index in [1.54, 1.807) is 18.1 Å². The lowest BCUT2D eigenvalue weighted by molar-refractivity contribution is -0.145. The summed E-state index contributed by atoms with van der Waals surface area (Å²) in [4.78, 5) is 39.1. The second-order valence-corrected chi connectivity index (χ2v) is 6.84. The topological polar surface area (TPSA) is 95.7 Å². The molecule has 0 radical (unpaired) electrons. The minimum atomic E-state index is -0.801. The van der Waals surface area contributed by atoms with E-state index in [1.807, 2.05) is 4.68 Å². The van der Waals surface area contributed by atoms with Gasteiger partial charge in [0, 0.05) is 26.7 Å². The van der Waals surface area contributed by atoms with Gasteiger partial charge in [-0.25, -0.2) is 0 Å². The summed E-state index contributed by atoms with van der Waals surface area (Å²) in [5, 5.41) is 13.3. The number of nitrogens with zero attached hydrogens (tertiary/aromatic N) is 4. The quantitative estimate of drug-likeness (QED) is 0.860. The highest BCUT2D eigenvalue weighted by Crippen LogP contribution is 2.20. The molecule has 0 atom stereocenters. The van der Waals surface area contributed by atoms with Crippen LogP contribution in [0.2, 0.25) is 0 Å². The number of rotatable bonds is 4. The number of piperidine rings is 1. The standard InChI is InChI=1S/C17H24N4O4/c1-19(11-15(22)20-8-5-12(6-9-20)17(24)25)16(23)13-10-18-21-7-3-2-4-14(13)21/h10,12H,2-9,11H2,1H3,(H,24,25). The van der Waals surface area contributed by atoms with Gasteiger partial charge in [0.1, 0.15) is 0 Å². The van der Waals surface area contributed by atoms with Crippen LogP contribution in [0.15, 0.2) is 6.20 Å². The van der Waals surface area contributed by atoms with Crippen molar-refractivity contribution in [3.63, 3.8) is 0 Å². The van der Waals surface area contributed by atoms with Crippen LogP contribution in [0.3, 0.4) is 0 Å². The maximum atomic E-state index is 12.7. The van der Waals surface area contributed by atoms with Gasteiger partial charge in [0.2, 0.25) is 5.91 Å². The lowest BCUT2D eigenvalue weighted by Gasteiger charge is -2.31. The van der Waals surface area contributed by atoms with Crippen LogP contribution in [-0.4, -0.2) is 69.2 Å². The number of amides is 2. The molecule has 136 valence electrons. The number of hydrogen-bond acceptors (Lipinski definition) is 4. The summed E-state index contributed by atoms with van der Waals surface area (Å²) < 4.78 is 1.88. The number of likely N-dealkylation sites (tertiary alicyclic amines) is 1. The maximum Gasteiger partial charge on any atom is 0.306 e. The van der Waals surface area contributed by atoms with Gasteiger partial charge in [0.05, 0.1) is 29.9 Å². The molecule has 1 N–H and O–H groups in total. The molecular formula is C17H24N4O4. The van der Waals surface area contributed by atoms with Crippen LogP contribution in [0.1, 0.15) is 41.7 Å². The third kappa shape index (κ3) is 3.67. The Morgan fingerprint density at radius 1 is 1.24 bits per heavy atom. The highest BCUT2D eigenvalue weighted by atomic mass is 16.4. The second kappa shape index (κ2) is 7.25. The molecule has 3 heterocycles. The number of carbonyl (C=O) groups is 3. The Morgan fingerprint density at radius 3 is 2.64 bits per heavy atom. The molecule has 2 amide bonds. The van der Waals surface area contributed by atoms with E-state index in [1.165, 1.54) is 4.90 Å². The molecule has 8 heteroatoms. The van der Waals surface area contributed by atoms with Crippen molar-refractivity contribution in [3.05, 3.63) is 17.5 Å². The van der Waals surface area contributed by atoms with Crippen LogP contribution in [0.4, 0.5) is 0 Å². The average Bonchev–Trinajstić information content (AvgIpc) is 3.05. The summed E-state index contributed by atoms with van der Waals surface area (Å²) in [6.45, 7) is 1.70. The van der Waals surface area contributed by atoms with Gasteiger partial charge >= 0.3 is 5.97 Å². The molecule has 0 bridgehead atoms. The first kappa shape index (κ1) is 17.4. The number of carboxylic acid groups (broad SMARTS) is 1. The van der Waals surface area contributed by atoms with Gasteiger partial charge in [-0.3, -0.25) is 19.1 Å². The number of fused-ring (bicyclic) bond motifs is 1. The number of aliphatic carboxylic acids is 1. The van der Waals surface area contributed by atoms with Gasteiger partial charge in [-0.05, 0) is 32.1 Å². The van der Waals surface area contributed by atoms with Crippen LogP contribution in [-0.2, 0) is 22.6 Å². The van der Waals surface area contributed by atoms with Crippen molar-refractivity contribution in [3.8, 4) is 0 Å². The summed E-state index contributed by atoms with van der Waals surface area (Å²) in [6.07, 6.45) is 5.50. The first-order chi connectivity index (χ1) is 12.0. The maximum absolute atomic E-state index is 12.7. The van der Waals surface area contributed by atoms with E-state index in [0.29, 0.717) is 31.5 Å². The molecule has 2 aliphatic heterocycles. The molecule has 8 nitrogen and oxygen atoms in total. The fourth-order valence-electron chi connectivity index (χ4n) is 3.56. The van der Waals surface area contributed by atoms with Crippen molar-refractivity contribution in [1.29, 1.82) is 0 Å². The van der Waals surface area contributed by atoms with Gasteiger partial charge in [0.25, 0.3) is 5.91 Å². The smallest absolute Gasteiger partial charge is 0.306 e. The van der Waals surface area contributed by atoms with E-state index in [9.17, 15) is 14.4 Å². The Morgan fingerprint density at radius 2 is 1.96 bits per heavy atom. The zero-order valence-corrected chi connectivity index (χ0v) is 14.5. The largest absolute Gasteiger partial charge is 0.481 e. The van der Waals surface area contributed by atoms with E-state index < -0.39 is 5.97 Å². The van der Waals surface area contributed by atoms with Crippen LogP contribution in [0.25, 0.3) is 0 Å². The zero-order valence-electron chi connectivity index (χ0n) is 14.5. The van der Waals surface area contributed by atoms with E-state index >= 15 is 0 Å². The minimum absolute atomic E-state index is 0.00118. The lowest BCUT2D eigenvalue weighted by Crippen LogP contribution is -2.45. The van der Waals surface area contributed by atoms with Crippen molar-refractivity contribution < 1.29 is 19.5 Å². The number of hydrogen-bond donors (Lipinski definition) is 1. The molecule has 0 saturated carbocycles. The molecule has 25 heavy (non-hydrogen) atoms. The Labute approximate surface area is 146 Å². The fourth-order valence-corrected chi connectivity index (χ4v) is 3.56. The van der Waals surface area contributed by atoms with Crippen LogP contribution >= 0.6 is 0 Å². The van der Waals surface area contributed by atoms with Crippen molar-refractivity contribution in [2.45, 2.75) is 38.6 Å². The molecule has 0 aliphatic carbocycles. The number of carbonyl (C=O) groups excluding carboxylic acids is 2. The molecule has 0 spiro atoms. The lowest BCUT2D eigenvalue weighted by atomic mass is 9.97. The van der Waals surface area contributed by atoms with Crippen LogP contribution in [0, 0.1) is 5.92 Å². The monoisotopic (exact) mass is 348 g/mol. The molecule has 1 saturated heterocycles. The molecule has 0 aromatic carbocycles. The first-order valence-corrected chi connectivity index (χ1v) is 8.78. The molecule has 3 rings (SSSR count). The van der Waals surface area contributed by atoms with Gasteiger partial charge in [-0.15, -0.1) is 0 Å². The summed E-state index contributed by atoms with van der Waals surface area (Å²) in [6, 6.07) is 0. The predicted octanol–water partition coefficient (Wildman–Crippen LogP) is 0.615. The Hall–Kier alpha value is -2.38. The first-order valence-electron chi connectivity index (χ1n) is 8.78. The van der Waals surface area contributed by atoms with Gasteiger partial charge < -0.3 is 14.9 Å². The molecule has 0 unspecified atom stereocenters. The fraction of sp³-hybridized carbons (Fsp3) is 0.647. The van der Waals surface area contributed by atoms with Gasteiger partial charge in [-0.1, -0.05) is 0 Å². The minimum Gasteiger partial charge on any atom is -0.481 e. The number of carboxylic acids is 1. The highest BCUT2D eigenvalue weighted by molar-refractivity contribution is 5.97. The third-order valence-corrected chi connectivity index (χ3v) is 5.13. The molecular weight excluding hydrogens is 324 g/mol. The molecule has 1 aromatic heterocycles.